The first-order valence-electron chi connectivity index (χ1n) is 8.64. The van der Waals surface area contributed by atoms with Crippen LogP contribution in [0.15, 0.2) is 24.8 Å². The Kier molecular flexibility index (Phi) is 3.91. The van der Waals surface area contributed by atoms with Crippen LogP contribution in [0.2, 0.25) is 0 Å². The predicted molar refractivity (Wildman–Crippen MR) is 89.0 cm³/mol. The molecule has 0 spiro atoms. The number of amides is 2. The van der Waals surface area contributed by atoms with Gasteiger partial charge in [0.1, 0.15) is 5.60 Å². The second-order valence-corrected chi connectivity index (χ2v) is 6.63. The maximum atomic E-state index is 12.6. The van der Waals surface area contributed by atoms with Crippen molar-refractivity contribution >= 4 is 17.3 Å². The maximum Gasteiger partial charge on any atom is 0.255 e. The fourth-order valence-electron chi connectivity index (χ4n) is 3.49. The highest BCUT2D eigenvalue weighted by Crippen LogP contribution is 2.38. The first-order valence-corrected chi connectivity index (χ1v) is 8.64. The first kappa shape index (κ1) is 16.0. The van der Waals surface area contributed by atoms with Gasteiger partial charge in [-0.2, -0.15) is 5.10 Å². The molecule has 1 aliphatic carbocycles. The van der Waals surface area contributed by atoms with Gasteiger partial charge < -0.3 is 15.0 Å². The molecular weight excluding hydrogens is 322 g/mol. The number of fused-ring (bicyclic) bond motifs is 1. The lowest BCUT2D eigenvalue weighted by molar-refractivity contribution is -0.175. The summed E-state index contributed by atoms with van der Waals surface area (Å²) >= 11 is 0. The molecule has 2 fully saturated rings. The molecule has 1 N–H and O–H groups in total. The minimum atomic E-state index is -0.613. The van der Waals surface area contributed by atoms with Crippen LogP contribution in [0.5, 0.6) is 0 Å². The number of nitrogens with zero attached hydrogens (tertiary/aromatic N) is 4. The summed E-state index contributed by atoms with van der Waals surface area (Å²) in [5, 5.41) is 7.10. The zero-order valence-electron chi connectivity index (χ0n) is 14.1. The minimum absolute atomic E-state index is 0.0400. The summed E-state index contributed by atoms with van der Waals surface area (Å²) in [5.41, 5.74) is 0.539. The number of aromatic nitrogens is 3. The Morgan fingerprint density at radius 1 is 1.36 bits per heavy atom. The van der Waals surface area contributed by atoms with Gasteiger partial charge in [0.05, 0.1) is 29.5 Å². The third-order valence-corrected chi connectivity index (χ3v) is 5.04. The van der Waals surface area contributed by atoms with E-state index in [-0.39, 0.29) is 17.9 Å². The van der Waals surface area contributed by atoms with Gasteiger partial charge in [-0.25, -0.2) is 4.52 Å². The zero-order chi connectivity index (χ0) is 17.4. The van der Waals surface area contributed by atoms with Gasteiger partial charge in [0.2, 0.25) is 0 Å². The molecule has 1 saturated carbocycles. The van der Waals surface area contributed by atoms with Gasteiger partial charge in [-0.3, -0.25) is 14.6 Å². The lowest BCUT2D eigenvalue weighted by atomic mass is 9.78. The van der Waals surface area contributed by atoms with Crippen LogP contribution in [0.3, 0.4) is 0 Å². The van der Waals surface area contributed by atoms with Crippen LogP contribution < -0.4 is 5.32 Å². The average Bonchev–Trinajstić information content (AvgIpc) is 2.97. The van der Waals surface area contributed by atoms with Crippen molar-refractivity contribution in [2.24, 2.45) is 0 Å². The fourth-order valence-corrected chi connectivity index (χ4v) is 3.49. The lowest BCUT2D eigenvalue weighted by Gasteiger charge is -2.48. The Morgan fingerprint density at radius 2 is 2.16 bits per heavy atom. The highest BCUT2D eigenvalue weighted by Gasteiger charge is 2.49. The van der Waals surface area contributed by atoms with E-state index >= 15 is 0 Å². The van der Waals surface area contributed by atoms with Crippen LogP contribution in [0.1, 0.15) is 36.5 Å². The second kappa shape index (κ2) is 6.11. The van der Waals surface area contributed by atoms with E-state index in [1.54, 1.807) is 28.0 Å². The molecule has 1 aliphatic heterocycles. The quantitative estimate of drug-likeness (QED) is 0.860. The molecule has 8 heteroatoms. The molecule has 0 atom stereocenters. The van der Waals surface area contributed by atoms with Gasteiger partial charge in [0.25, 0.3) is 11.8 Å². The smallest absolute Gasteiger partial charge is 0.255 e. The van der Waals surface area contributed by atoms with Crippen molar-refractivity contribution in [3.63, 3.8) is 0 Å². The standard InChI is InChI=1S/C17H21N5O3/c1-2-25-17(4-3-5-17)16(24)21-10-12(11-21)20-15(23)13-8-19-22-7-6-18-9-14(13)22/h6-9,12H,2-5,10-11H2,1H3,(H,20,23). The number of nitrogens with one attached hydrogen (secondary N) is 1. The molecule has 2 aliphatic rings. The van der Waals surface area contributed by atoms with Gasteiger partial charge in [0.15, 0.2) is 0 Å². The molecule has 132 valence electrons. The van der Waals surface area contributed by atoms with Gasteiger partial charge in [-0.05, 0) is 26.2 Å². The number of hydrogen-bond donors (Lipinski definition) is 1. The minimum Gasteiger partial charge on any atom is -0.365 e. The van der Waals surface area contributed by atoms with Crippen LogP contribution in [-0.2, 0) is 9.53 Å². The number of hydrogen-bond acceptors (Lipinski definition) is 5. The van der Waals surface area contributed by atoms with E-state index in [4.69, 9.17) is 4.74 Å². The van der Waals surface area contributed by atoms with Gasteiger partial charge in [-0.1, -0.05) is 0 Å². The molecule has 3 heterocycles. The van der Waals surface area contributed by atoms with E-state index in [1.165, 1.54) is 6.20 Å². The molecule has 0 bridgehead atoms. The van der Waals surface area contributed by atoms with E-state index in [2.05, 4.69) is 15.4 Å². The molecule has 4 rings (SSSR count). The number of rotatable bonds is 5. The zero-order valence-corrected chi connectivity index (χ0v) is 14.1. The van der Waals surface area contributed by atoms with E-state index in [9.17, 15) is 9.59 Å². The van der Waals surface area contributed by atoms with Crippen molar-refractivity contribution in [2.75, 3.05) is 19.7 Å². The summed E-state index contributed by atoms with van der Waals surface area (Å²) in [7, 11) is 0. The largest absolute Gasteiger partial charge is 0.365 e. The highest BCUT2D eigenvalue weighted by molar-refractivity contribution is 6.00. The van der Waals surface area contributed by atoms with E-state index in [0.29, 0.717) is 30.8 Å². The lowest BCUT2D eigenvalue weighted by Crippen LogP contribution is -2.66. The summed E-state index contributed by atoms with van der Waals surface area (Å²) in [6.45, 7) is 3.51. The van der Waals surface area contributed by atoms with E-state index in [0.717, 1.165) is 19.3 Å². The number of carbonyl (C=O) groups is 2. The monoisotopic (exact) mass is 343 g/mol. The SMILES string of the molecule is CCOC1(C(=O)N2CC(NC(=O)c3cnn4ccncc34)C2)CCC1. The molecule has 2 amide bonds. The molecule has 0 aromatic carbocycles. The summed E-state index contributed by atoms with van der Waals surface area (Å²) in [6, 6.07) is -0.0400. The van der Waals surface area contributed by atoms with Crippen molar-refractivity contribution in [1.29, 1.82) is 0 Å². The second-order valence-electron chi connectivity index (χ2n) is 6.63. The summed E-state index contributed by atoms with van der Waals surface area (Å²) in [5.74, 6) is -0.130. The number of ether oxygens (including phenoxy) is 1. The topological polar surface area (TPSA) is 88.8 Å². The maximum absolute atomic E-state index is 12.6. The third-order valence-electron chi connectivity index (χ3n) is 5.04. The van der Waals surface area contributed by atoms with Crippen LogP contribution in [0.25, 0.3) is 5.52 Å². The van der Waals surface area contributed by atoms with Gasteiger partial charge in [-0.15, -0.1) is 0 Å². The van der Waals surface area contributed by atoms with E-state index in [1.807, 2.05) is 6.92 Å². The number of carbonyl (C=O) groups excluding carboxylic acids is 2. The Bertz CT molecular complexity index is 807. The summed E-state index contributed by atoms with van der Waals surface area (Å²) in [6.07, 6.45) is 9.08. The van der Waals surface area contributed by atoms with Gasteiger partial charge in [0, 0.05) is 32.1 Å². The predicted octanol–water partition coefficient (Wildman–Crippen LogP) is 0.629. The first-order chi connectivity index (χ1) is 12.1. The summed E-state index contributed by atoms with van der Waals surface area (Å²) < 4.78 is 7.32. The van der Waals surface area contributed by atoms with E-state index < -0.39 is 5.60 Å². The van der Waals surface area contributed by atoms with Crippen LogP contribution >= 0.6 is 0 Å². The normalized spacial score (nSPS) is 19.3. The van der Waals surface area contributed by atoms with Crippen molar-refractivity contribution in [2.45, 2.75) is 37.8 Å². The van der Waals surface area contributed by atoms with Crippen LogP contribution in [0.4, 0.5) is 0 Å². The van der Waals surface area contributed by atoms with Crippen molar-refractivity contribution in [3.8, 4) is 0 Å². The fraction of sp³-hybridized carbons (Fsp3) is 0.529. The Labute approximate surface area is 145 Å². The molecule has 1 saturated heterocycles. The Morgan fingerprint density at radius 3 is 2.84 bits per heavy atom. The molecule has 0 unspecified atom stereocenters. The molecule has 8 nitrogen and oxygen atoms in total. The third kappa shape index (κ3) is 2.66. The van der Waals surface area contributed by atoms with Crippen LogP contribution in [0, 0.1) is 0 Å². The highest BCUT2D eigenvalue weighted by atomic mass is 16.5. The molecule has 0 radical (unpaired) electrons. The van der Waals surface area contributed by atoms with Crippen molar-refractivity contribution < 1.29 is 14.3 Å². The van der Waals surface area contributed by atoms with Crippen LogP contribution in [-0.4, -0.2) is 62.7 Å². The summed E-state index contributed by atoms with van der Waals surface area (Å²) in [4.78, 5) is 30.9. The Balaban J connectivity index is 1.35. The molecule has 2 aromatic heterocycles. The van der Waals surface area contributed by atoms with Crippen molar-refractivity contribution in [1.82, 2.24) is 24.8 Å². The molecule has 2 aromatic rings. The molecular formula is C17H21N5O3. The van der Waals surface area contributed by atoms with Crippen molar-refractivity contribution in [3.05, 3.63) is 30.4 Å². The Hall–Kier alpha value is -2.48. The van der Waals surface area contributed by atoms with Gasteiger partial charge >= 0.3 is 0 Å². The number of likely N-dealkylation sites (tertiary alicyclic amines) is 1. The molecule has 25 heavy (non-hydrogen) atoms. The average molecular weight is 343 g/mol.